The van der Waals surface area contributed by atoms with E-state index in [1.165, 1.54) is 0 Å². The first kappa shape index (κ1) is 12.8. The minimum Gasteiger partial charge on any atom is -0.378 e. The van der Waals surface area contributed by atoms with Gasteiger partial charge in [-0.1, -0.05) is 11.6 Å². The molecular formula is C12H14BrClN2O2. The van der Waals surface area contributed by atoms with Crippen molar-refractivity contribution < 1.29 is 9.47 Å². The van der Waals surface area contributed by atoms with Crippen LogP contribution in [-0.2, 0) is 16.1 Å². The molecule has 0 aromatic carbocycles. The van der Waals surface area contributed by atoms with E-state index in [0.29, 0.717) is 17.9 Å². The molecule has 0 spiro atoms. The van der Waals surface area contributed by atoms with Gasteiger partial charge in [0, 0.05) is 13.0 Å². The van der Waals surface area contributed by atoms with Crippen molar-refractivity contribution in [3.05, 3.63) is 21.1 Å². The Balaban J connectivity index is 1.92. The van der Waals surface area contributed by atoms with Crippen molar-refractivity contribution in [1.29, 1.82) is 0 Å². The molecule has 2 aliphatic heterocycles. The van der Waals surface area contributed by atoms with Crippen LogP contribution in [0.15, 0.2) is 4.47 Å². The van der Waals surface area contributed by atoms with Crippen LogP contribution in [0.25, 0.3) is 0 Å². The third-order valence-corrected chi connectivity index (χ3v) is 4.95. The molecule has 1 aromatic rings. The van der Waals surface area contributed by atoms with Gasteiger partial charge >= 0.3 is 0 Å². The van der Waals surface area contributed by atoms with Crippen molar-refractivity contribution in [2.75, 3.05) is 7.11 Å². The smallest absolute Gasteiger partial charge is 0.147 e. The summed E-state index contributed by atoms with van der Waals surface area (Å²) in [5, 5.41) is 0.454. The summed E-state index contributed by atoms with van der Waals surface area (Å²) in [6.07, 6.45) is 3.93. The maximum atomic E-state index is 6.14. The van der Waals surface area contributed by atoms with Gasteiger partial charge in [-0.25, -0.2) is 9.97 Å². The molecule has 18 heavy (non-hydrogen) atoms. The van der Waals surface area contributed by atoms with Gasteiger partial charge in [-0.05, 0) is 35.2 Å². The summed E-state index contributed by atoms with van der Waals surface area (Å²) in [6.45, 7) is 0.428. The number of aromatic nitrogens is 2. The monoisotopic (exact) mass is 332 g/mol. The van der Waals surface area contributed by atoms with Crippen LogP contribution in [0.2, 0.25) is 5.15 Å². The van der Waals surface area contributed by atoms with Crippen molar-refractivity contribution in [2.45, 2.75) is 44.0 Å². The predicted molar refractivity (Wildman–Crippen MR) is 70.7 cm³/mol. The van der Waals surface area contributed by atoms with Gasteiger partial charge < -0.3 is 9.47 Å². The standard InChI is InChI=1S/C12H14BrClN2O2/c1-17-5-8-10(13)11(14)16-12(15-8)7-4-6-2-3-9(7)18-6/h6-7,9H,2-5H2,1H3. The number of hydrogen-bond acceptors (Lipinski definition) is 4. The number of nitrogens with zero attached hydrogens (tertiary/aromatic N) is 2. The average Bonchev–Trinajstić information content (AvgIpc) is 2.97. The number of methoxy groups -OCH3 is 1. The summed E-state index contributed by atoms with van der Waals surface area (Å²) >= 11 is 9.54. The van der Waals surface area contributed by atoms with E-state index in [9.17, 15) is 0 Å². The summed E-state index contributed by atoms with van der Waals surface area (Å²) in [4.78, 5) is 8.96. The lowest BCUT2D eigenvalue weighted by molar-refractivity contribution is 0.0997. The number of halogens is 2. The van der Waals surface area contributed by atoms with E-state index in [1.54, 1.807) is 7.11 Å². The third kappa shape index (κ3) is 2.18. The Kier molecular flexibility index (Phi) is 3.58. The highest BCUT2D eigenvalue weighted by Crippen LogP contribution is 2.44. The Morgan fingerprint density at radius 3 is 2.89 bits per heavy atom. The van der Waals surface area contributed by atoms with Crippen LogP contribution in [-0.4, -0.2) is 29.3 Å². The minimum atomic E-state index is 0.266. The van der Waals surface area contributed by atoms with E-state index in [-0.39, 0.29) is 12.0 Å². The van der Waals surface area contributed by atoms with E-state index < -0.39 is 0 Å². The Hall–Kier alpha value is -0.230. The zero-order valence-corrected chi connectivity index (χ0v) is 12.4. The molecule has 3 rings (SSSR count). The van der Waals surface area contributed by atoms with Gasteiger partial charge in [-0.2, -0.15) is 0 Å². The summed E-state index contributed by atoms with van der Waals surface area (Å²) in [7, 11) is 1.64. The molecule has 0 radical (unpaired) electrons. The molecule has 2 bridgehead atoms. The van der Waals surface area contributed by atoms with Gasteiger partial charge in [0.25, 0.3) is 0 Å². The van der Waals surface area contributed by atoms with Gasteiger partial charge in [0.05, 0.1) is 29.0 Å². The number of rotatable bonds is 3. The largest absolute Gasteiger partial charge is 0.378 e. The molecule has 0 saturated carbocycles. The summed E-state index contributed by atoms with van der Waals surface area (Å²) in [6, 6.07) is 0. The number of fused-ring (bicyclic) bond motifs is 2. The molecule has 3 heterocycles. The van der Waals surface area contributed by atoms with Crippen molar-refractivity contribution in [2.24, 2.45) is 0 Å². The Morgan fingerprint density at radius 1 is 1.44 bits per heavy atom. The van der Waals surface area contributed by atoms with Crippen LogP contribution < -0.4 is 0 Å². The molecule has 6 heteroatoms. The second-order valence-corrected chi connectivity index (χ2v) is 5.93. The fourth-order valence-corrected chi connectivity index (χ4v) is 3.28. The highest BCUT2D eigenvalue weighted by molar-refractivity contribution is 9.10. The molecule has 98 valence electrons. The van der Waals surface area contributed by atoms with Crippen molar-refractivity contribution in [1.82, 2.24) is 9.97 Å². The van der Waals surface area contributed by atoms with Crippen molar-refractivity contribution in [3.8, 4) is 0 Å². The van der Waals surface area contributed by atoms with Gasteiger partial charge in [0.2, 0.25) is 0 Å². The first-order valence-electron chi connectivity index (χ1n) is 6.05. The van der Waals surface area contributed by atoms with Crippen molar-refractivity contribution in [3.63, 3.8) is 0 Å². The molecule has 3 unspecified atom stereocenters. The second-order valence-electron chi connectivity index (χ2n) is 4.78. The summed E-state index contributed by atoms with van der Waals surface area (Å²) in [5.74, 6) is 1.08. The molecule has 2 saturated heterocycles. The van der Waals surface area contributed by atoms with Gasteiger partial charge in [-0.15, -0.1) is 0 Å². The van der Waals surface area contributed by atoms with Crippen LogP contribution in [0, 0.1) is 0 Å². The van der Waals surface area contributed by atoms with E-state index in [2.05, 4.69) is 25.9 Å². The lowest BCUT2D eigenvalue weighted by Crippen LogP contribution is -2.18. The average molecular weight is 334 g/mol. The Bertz CT molecular complexity index is 472. The van der Waals surface area contributed by atoms with Crippen LogP contribution in [0.5, 0.6) is 0 Å². The fourth-order valence-electron chi connectivity index (χ4n) is 2.79. The quantitative estimate of drug-likeness (QED) is 0.797. The SMILES string of the molecule is COCc1nc(C2CC3CCC2O3)nc(Cl)c1Br. The number of hydrogen-bond donors (Lipinski definition) is 0. The first-order chi connectivity index (χ1) is 8.69. The molecule has 4 nitrogen and oxygen atoms in total. The van der Waals surface area contributed by atoms with Crippen LogP contribution in [0.3, 0.4) is 0 Å². The van der Waals surface area contributed by atoms with Gasteiger partial charge in [0.15, 0.2) is 0 Å². The summed E-state index contributed by atoms with van der Waals surface area (Å²) < 4.78 is 11.7. The molecular weight excluding hydrogens is 320 g/mol. The Morgan fingerprint density at radius 2 is 2.28 bits per heavy atom. The maximum absolute atomic E-state index is 6.14. The highest BCUT2D eigenvalue weighted by Gasteiger charge is 2.43. The molecule has 0 amide bonds. The van der Waals surface area contributed by atoms with Crippen LogP contribution >= 0.6 is 27.5 Å². The van der Waals surface area contributed by atoms with Crippen molar-refractivity contribution >= 4 is 27.5 Å². The van der Waals surface area contributed by atoms with E-state index in [0.717, 1.165) is 35.3 Å². The van der Waals surface area contributed by atoms with E-state index >= 15 is 0 Å². The molecule has 1 aromatic heterocycles. The molecule has 2 aliphatic rings. The molecule has 0 aliphatic carbocycles. The van der Waals surface area contributed by atoms with Gasteiger partial charge in [0.1, 0.15) is 11.0 Å². The molecule has 3 atom stereocenters. The summed E-state index contributed by atoms with van der Waals surface area (Å²) in [5.41, 5.74) is 0.801. The topological polar surface area (TPSA) is 44.2 Å². The predicted octanol–water partition coefficient (Wildman–Crippen LogP) is 3.07. The number of ether oxygens (including phenoxy) is 2. The van der Waals surface area contributed by atoms with E-state index in [4.69, 9.17) is 21.1 Å². The lowest BCUT2D eigenvalue weighted by Gasteiger charge is -2.18. The molecule has 0 N–H and O–H groups in total. The zero-order chi connectivity index (χ0) is 12.7. The Labute approximate surface area is 119 Å². The second kappa shape index (κ2) is 5.04. The third-order valence-electron chi connectivity index (χ3n) is 3.62. The zero-order valence-electron chi connectivity index (χ0n) is 10.0. The van der Waals surface area contributed by atoms with Crippen LogP contribution in [0.4, 0.5) is 0 Å². The van der Waals surface area contributed by atoms with Gasteiger partial charge in [-0.3, -0.25) is 0 Å². The minimum absolute atomic E-state index is 0.266. The van der Waals surface area contributed by atoms with E-state index in [1.807, 2.05) is 0 Å². The first-order valence-corrected chi connectivity index (χ1v) is 7.22. The highest BCUT2D eigenvalue weighted by atomic mass is 79.9. The molecule has 2 fully saturated rings. The fraction of sp³-hybridized carbons (Fsp3) is 0.667. The van der Waals surface area contributed by atoms with Crippen LogP contribution in [0.1, 0.15) is 36.7 Å². The normalized spacial score (nSPS) is 30.1. The lowest BCUT2D eigenvalue weighted by atomic mass is 9.88. The maximum Gasteiger partial charge on any atom is 0.147 e.